The Kier molecular flexibility index (Phi) is 1.39. The Hall–Kier alpha value is -0.960. The van der Waals surface area contributed by atoms with Gasteiger partial charge in [0.15, 0.2) is 0 Å². The molecule has 0 amide bonds. The van der Waals surface area contributed by atoms with Crippen LogP contribution in [-0.4, -0.2) is 9.97 Å². The number of thiophene rings is 1. The van der Waals surface area contributed by atoms with Crippen LogP contribution in [0.15, 0.2) is 10.8 Å². The minimum Gasteiger partial charge on any atom is -0.238 e. The molecule has 0 N–H and O–H groups in total. The molecule has 0 unspecified atom stereocenters. The van der Waals surface area contributed by atoms with Crippen LogP contribution in [0.3, 0.4) is 0 Å². The van der Waals surface area contributed by atoms with E-state index in [9.17, 15) is 0 Å². The van der Waals surface area contributed by atoms with Gasteiger partial charge in [0.1, 0.15) is 5.82 Å². The number of nitrogens with zero attached hydrogens (tertiary/aromatic N) is 2. The fourth-order valence-corrected chi connectivity index (χ4v) is 1.95. The molecule has 0 aromatic carbocycles. The molecule has 0 saturated carbocycles. The zero-order chi connectivity index (χ0) is 7.84. The Labute approximate surface area is 68.9 Å². The fraction of sp³-hybridized carbons (Fsp3) is 0.250. The molecule has 56 valence electrons. The van der Waals surface area contributed by atoms with Crippen molar-refractivity contribution in [2.75, 3.05) is 0 Å². The third-order valence-electron chi connectivity index (χ3n) is 1.64. The predicted molar refractivity (Wildman–Crippen MR) is 46.9 cm³/mol. The van der Waals surface area contributed by atoms with Gasteiger partial charge in [0.05, 0.1) is 5.52 Å². The molecule has 0 saturated heterocycles. The summed E-state index contributed by atoms with van der Waals surface area (Å²) < 4.78 is 0. The molecule has 11 heavy (non-hydrogen) atoms. The Bertz CT molecular complexity index is 392. The SMILES string of the molecule is Cc1nc(C)c2cscc2n1. The predicted octanol–water partition coefficient (Wildman–Crippen LogP) is 2.31. The summed E-state index contributed by atoms with van der Waals surface area (Å²) in [5, 5.41) is 5.32. The molecule has 3 heteroatoms. The van der Waals surface area contributed by atoms with Crippen molar-refractivity contribution in [3.8, 4) is 0 Å². The molecule has 2 aromatic rings. The molecule has 2 rings (SSSR count). The van der Waals surface area contributed by atoms with Crippen LogP contribution in [0, 0.1) is 13.8 Å². The van der Waals surface area contributed by atoms with Gasteiger partial charge in [-0.15, -0.1) is 11.3 Å². The van der Waals surface area contributed by atoms with Crippen molar-refractivity contribution in [1.82, 2.24) is 9.97 Å². The van der Waals surface area contributed by atoms with Crippen LogP contribution in [0.5, 0.6) is 0 Å². The van der Waals surface area contributed by atoms with Gasteiger partial charge in [-0.1, -0.05) is 0 Å². The first-order chi connectivity index (χ1) is 5.27. The molecule has 2 nitrogen and oxygen atoms in total. The number of hydrogen-bond donors (Lipinski definition) is 0. The molecule has 0 aliphatic heterocycles. The monoisotopic (exact) mass is 164 g/mol. The van der Waals surface area contributed by atoms with Crippen LogP contribution in [0.2, 0.25) is 0 Å². The van der Waals surface area contributed by atoms with Crippen molar-refractivity contribution < 1.29 is 0 Å². The maximum absolute atomic E-state index is 4.30. The van der Waals surface area contributed by atoms with Crippen molar-refractivity contribution in [1.29, 1.82) is 0 Å². The summed E-state index contributed by atoms with van der Waals surface area (Å²) in [6, 6.07) is 0. The van der Waals surface area contributed by atoms with Gasteiger partial charge >= 0.3 is 0 Å². The second kappa shape index (κ2) is 2.27. The molecule has 0 radical (unpaired) electrons. The molecule has 0 atom stereocenters. The Morgan fingerprint density at radius 2 is 2.00 bits per heavy atom. The summed E-state index contributed by atoms with van der Waals surface area (Å²) in [7, 11) is 0. The lowest BCUT2D eigenvalue weighted by Crippen LogP contribution is -1.89. The quantitative estimate of drug-likeness (QED) is 0.597. The van der Waals surface area contributed by atoms with Gasteiger partial charge in [0.2, 0.25) is 0 Å². The smallest absolute Gasteiger partial charge is 0.126 e. The Balaban J connectivity index is 2.91. The fourth-order valence-electron chi connectivity index (χ4n) is 1.15. The summed E-state index contributed by atoms with van der Waals surface area (Å²) in [5.74, 6) is 0.855. The first-order valence-corrected chi connectivity index (χ1v) is 4.39. The zero-order valence-electron chi connectivity index (χ0n) is 6.46. The van der Waals surface area contributed by atoms with E-state index < -0.39 is 0 Å². The highest BCUT2D eigenvalue weighted by molar-refractivity contribution is 7.09. The first-order valence-electron chi connectivity index (χ1n) is 3.44. The second-order valence-electron chi connectivity index (χ2n) is 2.53. The first kappa shape index (κ1) is 6.73. The van der Waals surface area contributed by atoms with Gasteiger partial charge < -0.3 is 0 Å². The topological polar surface area (TPSA) is 25.8 Å². The van der Waals surface area contributed by atoms with Gasteiger partial charge in [0.25, 0.3) is 0 Å². The lowest BCUT2D eigenvalue weighted by molar-refractivity contribution is 1.05. The van der Waals surface area contributed by atoms with Crippen molar-refractivity contribution in [2.24, 2.45) is 0 Å². The molecule has 2 aromatic heterocycles. The number of hydrogen-bond acceptors (Lipinski definition) is 3. The van der Waals surface area contributed by atoms with Gasteiger partial charge in [-0.2, -0.15) is 0 Å². The normalized spacial score (nSPS) is 10.7. The highest BCUT2D eigenvalue weighted by atomic mass is 32.1. The third kappa shape index (κ3) is 1.01. The number of fused-ring (bicyclic) bond motifs is 1. The molecule has 0 aliphatic rings. The highest BCUT2D eigenvalue weighted by Crippen LogP contribution is 2.18. The van der Waals surface area contributed by atoms with Crippen LogP contribution < -0.4 is 0 Å². The number of aryl methyl sites for hydroxylation is 2. The van der Waals surface area contributed by atoms with E-state index in [0.29, 0.717) is 0 Å². The molecule has 2 heterocycles. The molecule has 0 fully saturated rings. The minimum atomic E-state index is 0.855. The van der Waals surface area contributed by atoms with Crippen molar-refractivity contribution in [3.05, 3.63) is 22.3 Å². The summed E-state index contributed by atoms with van der Waals surface area (Å²) in [4.78, 5) is 8.57. The summed E-state index contributed by atoms with van der Waals surface area (Å²) in [6.45, 7) is 3.94. The Morgan fingerprint density at radius 1 is 1.18 bits per heavy atom. The minimum absolute atomic E-state index is 0.855. The van der Waals surface area contributed by atoms with E-state index in [-0.39, 0.29) is 0 Å². The van der Waals surface area contributed by atoms with E-state index in [1.807, 2.05) is 13.8 Å². The summed E-state index contributed by atoms with van der Waals surface area (Å²) in [5.41, 5.74) is 2.15. The maximum Gasteiger partial charge on any atom is 0.126 e. The second-order valence-corrected chi connectivity index (χ2v) is 3.27. The van der Waals surface area contributed by atoms with E-state index in [4.69, 9.17) is 0 Å². The van der Waals surface area contributed by atoms with Gasteiger partial charge in [-0.3, -0.25) is 0 Å². The summed E-state index contributed by atoms with van der Waals surface area (Å²) >= 11 is 1.67. The van der Waals surface area contributed by atoms with Crippen LogP contribution >= 0.6 is 11.3 Å². The standard InChI is InChI=1S/C8H8N2S/c1-5-7-3-11-4-8(7)10-6(2)9-5/h3-4H,1-2H3. The molecule has 0 spiro atoms. The van der Waals surface area contributed by atoms with Crippen molar-refractivity contribution in [2.45, 2.75) is 13.8 Å². The number of aromatic nitrogens is 2. The largest absolute Gasteiger partial charge is 0.238 e. The van der Waals surface area contributed by atoms with Gasteiger partial charge in [-0.05, 0) is 13.8 Å². The zero-order valence-corrected chi connectivity index (χ0v) is 7.27. The third-order valence-corrected chi connectivity index (χ3v) is 2.37. The molecular weight excluding hydrogens is 156 g/mol. The van der Waals surface area contributed by atoms with E-state index in [1.54, 1.807) is 11.3 Å². The molecular formula is C8H8N2S. The van der Waals surface area contributed by atoms with Crippen LogP contribution in [0.4, 0.5) is 0 Å². The maximum atomic E-state index is 4.30. The van der Waals surface area contributed by atoms with Gasteiger partial charge in [-0.25, -0.2) is 9.97 Å². The van der Waals surface area contributed by atoms with E-state index in [1.165, 1.54) is 5.39 Å². The summed E-state index contributed by atoms with van der Waals surface area (Å²) in [6.07, 6.45) is 0. The average Bonchev–Trinajstić information content (AvgIpc) is 2.34. The van der Waals surface area contributed by atoms with E-state index >= 15 is 0 Å². The van der Waals surface area contributed by atoms with Crippen molar-refractivity contribution >= 4 is 22.2 Å². The van der Waals surface area contributed by atoms with Crippen LogP contribution in [0.1, 0.15) is 11.5 Å². The average molecular weight is 164 g/mol. The molecule has 0 aliphatic carbocycles. The highest BCUT2D eigenvalue weighted by Gasteiger charge is 2.00. The van der Waals surface area contributed by atoms with Crippen LogP contribution in [-0.2, 0) is 0 Å². The Morgan fingerprint density at radius 3 is 2.82 bits per heavy atom. The van der Waals surface area contributed by atoms with Crippen LogP contribution in [0.25, 0.3) is 10.9 Å². The van der Waals surface area contributed by atoms with E-state index in [0.717, 1.165) is 17.0 Å². The molecule has 0 bridgehead atoms. The van der Waals surface area contributed by atoms with Gasteiger partial charge in [0, 0.05) is 21.8 Å². The number of rotatable bonds is 0. The van der Waals surface area contributed by atoms with E-state index in [2.05, 4.69) is 20.7 Å². The lowest BCUT2D eigenvalue weighted by atomic mass is 10.3. The van der Waals surface area contributed by atoms with Crippen molar-refractivity contribution in [3.63, 3.8) is 0 Å². The lowest BCUT2D eigenvalue weighted by Gasteiger charge is -1.95.